The van der Waals surface area contributed by atoms with E-state index < -0.39 is 6.09 Å². The third-order valence-corrected chi connectivity index (χ3v) is 4.31. The molecule has 0 spiro atoms. The van der Waals surface area contributed by atoms with Crippen molar-refractivity contribution in [2.45, 2.75) is 13.5 Å². The van der Waals surface area contributed by atoms with Crippen LogP contribution in [0.2, 0.25) is 0 Å². The lowest BCUT2D eigenvalue weighted by molar-refractivity contribution is 0.170. The van der Waals surface area contributed by atoms with Gasteiger partial charge in [-0.25, -0.2) is 9.48 Å². The van der Waals surface area contributed by atoms with E-state index in [1.165, 1.54) is 7.11 Å². The van der Waals surface area contributed by atoms with Crippen molar-refractivity contribution in [2.75, 3.05) is 21.3 Å². The molecule has 0 atom stereocenters. The molecule has 0 aliphatic carbocycles. The highest BCUT2D eigenvalue weighted by molar-refractivity contribution is 5.67. The van der Waals surface area contributed by atoms with Crippen molar-refractivity contribution >= 4 is 6.09 Å². The molecule has 28 heavy (non-hydrogen) atoms. The molecule has 1 amide bonds. The fraction of sp³-hybridized carbons (Fsp3) is 0.250. The molecule has 146 valence electrons. The molecule has 0 aliphatic rings. The van der Waals surface area contributed by atoms with E-state index in [9.17, 15) is 4.79 Å². The summed E-state index contributed by atoms with van der Waals surface area (Å²) >= 11 is 0. The summed E-state index contributed by atoms with van der Waals surface area (Å²) in [7, 11) is 4.45. The average Bonchev–Trinajstić information content (AvgIpc) is 3.22. The second kappa shape index (κ2) is 8.43. The maximum Gasteiger partial charge on any atom is 0.407 e. The standard InChI is InChI=1S/C20H22N4O4/c1-13-5-6-15(11-14(13)12-21-20(25)28-4)24-10-9-17(23-24)16-7-8-18(26-2)22-19(16)27-3/h5-11H,12H2,1-4H3,(H,21,25). The van der Waals surface area contributed by atoms with Crippen LogP contribution >= 0.6 is 0 Å². The van der Waals surface area contributed by atoms with Crippen LogP contribution in [-0.4, -0.2) is 42.2 Å². The van der Waals surface area contributed by atoms with Crippen LogP contribution in [0.1, 0.15) is 11.1 Å². The van der Waals surface area contributed by atoms with Crippen LogP contribution < -0.4 is 14.8 Å². The highest BCUT2D eigenvalue weighted by atomic mass is 16.5. The lowest BCUT2D eigenvalue weighted by Crippen LogP contribution is -2.22. The molecule has 0 saturated heterocycles. The van der Waals surface area contributed by atoms with Crippen LogP contribution in [0.15, 0.2) is 42.6 Å². The second-order valence-electron chi connectivity index (χ2n) is 6.01. The van der Waals surface area contributed by atoms with Gasteiger partial charge in [0, 0.05) is 18.8 Å². The van der Waals surface area contributed by atoms with Crippen molar-refractivity contribution < 1.29 is 19.0 Å². The zero-order valence-electron chi connectivity index (χ0n) is 16.2. The Morgan fingerprint density at radius 2 is 1.93 bits per heavy atom. The smallest absolute Gasteiger partial charge is 0.407 e. The van der Waals surface area contributed by atoms with E-state index in [0.29, 0.717) is 18.3 Å². The van der Waals surface area contributed by atoms with Crippen molar-refractivity contribution in [1.82, 2.24) is 20.1 Å². The molecule has 0 radical (unpaired) electrons. The van der Waals surface area contributed by atoms with E-state index in [0.717, 1.165) is 28.1 Å². The first kappa shape index (κ1) is 19.2. The molecule has 3 aromatic rings. The zero-order chi connectivity index (χ0) is 20.1. The van der Waals surface area contributed by atoms with Gasteiger partial charge in [0.2, 0.25) is 11.8 Å². The zero-order valence-corrected chi connectivity index (χ0v) is 16.2. The van der Waals surface area contributed by atoms with Crippen LogP contribution in [0, 0.1) is 6.92 Å². The molecule has 0 unspecified atom stereocenters. The lowest BCUT2D eigenvalue weighted by atomic mass is 10.1. The number of carbonyl (C=O) groups is 1. The number of hydrogen-bond acceptors (Lipinski definition) is 6. The van der Waals surface area contributed by atoms with Gasteiger partial charge in [0.15, 0.2) is 0 Å². The second-order valence-corrected chi connectivity index (χ2v) is 6.01. The summed E-state index contributed by atoms with van der Waals surface area (Å²) < 4.78 is 16.9. The Bertz CT molecular complexity index is 984. The summed E-state index contributed by atoms with van der Waals surface area (Å²) in [6.45, 7) is 2.36. The number of alkyl carbamates (subject to hydrolysis) is 1. The van der Waals surface area contributed by atoms with Gasteiger partial charge in [-0.1, -0.05) is 6.07 Å². The Morgan fingerprint density at radius 1 is 1.11 bits per heavy atom. The number of ether oxygens (including phenoxy) is 3. The minimum atomic E-state index is -0.467. The molecule has 3 rings (SSSR count). The molecule has 8 nitrogen and oxygen atoms in total. The van der Waals surface area contributed by atoms with Gasteiger partial charge in [-0.05, 0) is 42.3 Å². The minimum Gasteiger partial charge on any atom is -0.481 e. The first-order valence-corrected chi connectivity index (χ1v) is 8.62. The van der Waals surface area contributed by atoms with E-state index in [1.54, 1.807) is 25.0 Å². The predicted molar refractivity (Wildman–Crippen MR) is 104 cm³/mol. The van der Waals surface area contributed by atoms with Crippen LogP contribution in [0.25, 0.3) is 16.9 Å². The monoisotopic (exact) mass is 382 g/mol. The number of benzene rings is 1. The quantitative estimate of drug-likeness (QED) is 0.705. The Hall–Kier alpha value is -3.55. The highest BCUT2D eigenvalue weighted by Gasteiger charge is 2.13. The fourth-order valence-corrected chi connectivity index (χ4v) is 2.73. The number of hydrogen-bond donors (Lipinski definition) is 1. The van der Waals surface area contributed by atoms with Crippen LogP contribution in [-0.2, 0) is 11.3 Å². The average molecular weight is 382 g/mol. The number of carbonyl (C=O) groups excluding carboxylic acids is 1. The van der Waals surface area contributed by atoms with Crippen LogP contribution in [0.3, 0.4) is 0 Å². The SMILES string of the molecule is COC(=O)NCc1cc(-n2ccc(-c3ccc(OC)nc3OC)n2)ccc1C. The number of methoxy groups -OCH3 is 3. The number of amides is 1. The van der Waals surface area contributed by atoms with Crippen molar-refractivity contribution in [1.29, 1.82) is 0 Å². The third-order valence-electron chi connectivity index (χ3n) is 4.31. The van der Waals surface area contributed by atoms with Gasteiger partial charge in [-0.2, -0.15) is 10.1 Å². The summed E-state index contributed by atoms with van der Waals surface area (Å²) in [6.07, 6.45) is 1.39. The fourth-order valence-electron chi connectivity index (χ4n) is 2.73. The molecule has 0 fully saturated rings. The number of rotatable bonds is 6. The number of nitrogens with one attached hydrogen (secondary N) is 1. The molecule has 1 aromatic carbocycles. The predicted octanol–water partition coefficient (Wildman–Crippen LogP) is 3.12. The van der Waals surface area contributed by atoms with E-state index in [1.807, 2.05) is 43.5 Å². The number of nitrogens with zero attached hydrogens (tertiary/aromatic N) is 3. The van der Waals surface area contributed by atoms with Gasteiger partial charge in [0.25, 0.3) is 0 Å². The van der Waals surface area contributed by atoms with Gasteiger partial charge in [-0.3, -0.25) is 0 Å². The number of aryl methyl sites for hydroxylation is 1. The van der Waals surface area contributed by atoms with Gasteiger partial charge in [0.1, 0.15) is 0 Å². The topological polar surface area (TPSA) is 87.5 Å². The Labute approximate surface area is 163 Å². The van der Waals surface area contributed by atoms with Crippen molar-refractivity contribution in [3.8, 4) is 28.7 Å². The van der Waals surface area contributed by atoms with Crippen LogP contribution in [0.5, 0.6) is 11.8 Å². The molecule has 8 heteroatoms. The molecule has 2 heterocycles. The number of aromatic nitrogens is 3. The summed E-state index contributed by atoms with van der Waals surface area (Å²) in [5.41, 5.74) is 4.40. The molecular formula is C20H22N4O4. The van der Waals surface area contributed by atoms with E-state index in [2.05, 4.69) is 20.1 Å². The summed E-state index contributed by atoms with van der Waals surface area (Å²) in [5.74, 6) is 0.915. The van der Waals surface area contributed by atoms with Gasteiger partial charge in [0.05, 0.1) is 38.3 Å². The summed E-state index contributed by atoms with van der Waals surface area (Å²) in [5, 5.41) is 7.34. The van der Waals surface area contributed by atoms with Gasteiger partial charge in [-0.15, -0.1) is 0 Å². The molecular weight excluding hydrogens is 360 g/mol. The molecule has 0 saturated carbocycles. The normalized spacial score (nSPS) is 10.4. The largest absolute Gasteiger partial charge is 0.481 e. The van der Waals surface area contributed by atoms with Crippen LogP contribution in [0.4, 0.5) is 4.79 Å². The van der Waals surface area contributed by atoms with Crippen molar-refractivity contribution in [2.24, 2.45) is 0 Å². The van der Waals surface area contributed by atoms with Crippen molar-refractivity contribution in [3.05, 3.63) is 53.7 Å². The van der Waals surface area contributed by atoms with Gasteiger partial charge < -0.3 is 19.5 Å². The maximum atomic E-state index is 11.3. The molecule has 0 aliphatic heterocycles. The number of pyridine rings is 1. The van der Waals surface area contributed by atoms with Crippen molar-refractivity contribution in [3.63, 3.8) is 0 Å². The first-order chi connectivity index (χ1) is 13.5. The highest BCUT2D eigenvalue weighted by Crippen LogP contribution is 2.29. The molecule has 2 aromatic heterocycles. The molecule has 1 N–H and O–H groups in total. The Balaban J connectivity index is 1.89. The first-order valence-electron chi connectivity index (χ1n) is 8.62. The maximum absolute atomic E-state index is 11.3. The van der Waals surface area contributed by atoms with E-state index in [4.69, 9.17) is 9.47 Å². The third kappa shape index (κ3) is 4.06. The van der Waals surface area contributed by atoms with E-state index >= 15 is 0 Å². The Morgan fingerprint density at radius 3 is 2.64 bits per heavy atom. The molecule has 0 bridgehead atoms. The lowest BCUT2D eigenvalue weighted by Gasteiger charge is -2.10. The van der Waals surface area contributed by atoms with Gasteiger partial charge >= 0.3 is 6.09 Å². The van der Waals surface area contributed by atoms with E-state index in [-0.39, 0.29) is 0 Å². The summed E-state index contributed by atoms with van der Waals surface area (Å²) in [6, 6.07) is 11.4. The summed E-state index contributed by atoms with van der Waals surface area (Å²) in [4.78, 5) is 15.6. The Kier molecular flexibility index (Phi) is 5.78. The minimum absolute atomic E-state index is 0.372.